The summed E-state index contributed by atoms with van der Waals surface area (Å²) < 4.78 is 0. The Morgan fingerprint density at radius 3 is 2.54 bits per heavy atom. The zero-order valence-electron chi connectivity index (χ0n) is 15.6. The largest absolute Gasteiger partial charge is 0.321 e. The van der Waals surface area contributed by atoms with Gasteiger partial charge in [0.15, 0.2) is 0 Å². The predicted molar refractivity (Wildman–Crippen MR) is 110 cm³/mol. The molecule has 0 fully saturated rings. The van der Waals surface area contributed by atoms with Gasteiger partial charge in [-0.3, -0.25) is 14.6 Å². The third-order valence-corrected chi connectivity index (χ3v) is 4.25. The Bertz CT molecular complexity index is 1030. The molecule has 0 atom stereocenters. The molecule has 2 N–H and O–H groups in total. The van der Waals surface area contributed by atoms with Crippen LogP contribution in [-0.4, -0.2) is 23.0 Å². The molecule has 0 spiro atoms. The van der Waals surface area contributed by atoms with Gasteiger partial charge in [0.2, 0.25) is 0 Å². The summed E-state index contributed by atoms with van der Waals surface area (Å²) in [7, 11) is 0. The number of hydrogen-bond acceptors (Lipinski definition) is 4. The van der Waals surface area contributed by atoms with Crippen LogP contribution in [0, 0.1) is 13.8 Å². The van der Waals surface area contributed by atoms with E-state index in [0.717, 1.165) is 11.1 Å². The molecule has 2 amide bonds. The number of aryl methyl sites for hydroxylation is 2. The Hall–Kier alpha value is -3.80. The average molecular weight is 372 g/mol. The number of benzene rings is 2. The summed E-state index contributed by atoms with van der Waals surface area (Å²) in [6.45, 7) is 4.06. The number of aromatic nitrogens is 1. The number of hydrazone groups is 1. The lowest BCUT2D eigenvalue weighted by Crippen LogP contribution is -2.21. The summed E-state index contributed by atoms with van der Waals surface area (Å²) in [6.07, 6.45) is 4.64. The van der Waals surface area contributed by atoms with Crippen LogP contribution in [0.4, 0.5) is 5.69 Å². The van der Waals surface area contributed by atoms with Crippen molar-refractivity contribution in [2.45, 2.75) is 13.8 Å². The lowest BCUT2D eigenvalue weighted by molar-refractivity contribution is 0.0956. The third kappa shape index (κ3) is 4.67. The van der Waals surface area contributed by atoms with E-state index in [4.69, 9.17) is 0 Å². The van der Waals surface area contributed by atoms with Crippen LogP contribution in [0.1, 0.15) is 37.4 Å². The van der Waals surface area contributed by atoms with E-state index in [2.05, 4.69) is 20.8 Å². The molecule has 0 saturated heterocycles. The molecular weight excluding hydrogens is 352 g/mol. The van der Waals surface area contributed by atoms with E-state index in [1.807, 2.05) is 32.0 Å². The van der Waals surface area contributed by atoms with Gasteiger partial charge in [0.05, 0.1) is 23.0 Å². The van der Waals surface area contributed by atoms with Crippen molar-refractivity contribution in [3.63, 3.8) is 0 Å². The van der Waals surface area contributed by atoms with Gasteiger partial charge in [-0.05, 0) is 54.8 Å². The predicted octanol–water partition coefficient (Wildman–Crippen LogP) is 3.71. The number of pyridine rings is 1. The molecule has 0 radical (unpaired) electrons. The highest BCUT2D eigenvalue weighted by Gasteiger charge is 2.13. The molecule has 0 bridgehead atoms. The van der Waals surface area contributed by atoms with Gasteiger partial charge in [-0.1, -0.05) is 30.3 Å². The molecule has 6 heteroatoms. The van der Waals surface area contributed by atoms with Crippen molar-refractivity contribution in [1.29, 1.82) is 0 Å². The van der Waals surface area contributed by atoms with Gasteiger partial charge in [0, 0.05) is 12.4 Å². The van der Waals surface area contributed by atoms with Gasteiger partial charge in [0.1, 0.15) is 0 Å². The summed E-state index contributed by atoms with van der Waals surface area (Å²) in [5.74, 6) is -0.755. The second-order valence-corrected chi connectivity index (χ2v) is 6.28. The number of para-hydroxylation sites is 1. The van der Waals surface area contributed by atoms with Crippen molar-refractivity contribution in [1.82, 2.24) is 10.4 Å². The van der Waals surface area contributed by atoms with Crippen LogP contribution in [0.2, 0.25) is 0 Å². The maximum absolute atomic E-state index is 12.5. The Morgan fingerprint density at radius 1 is 0.964 bits per heavy atom. The van der Waals surface area contributed by atoms with E-state index in [9.17, 15) is 9.59 Å². The van der Waals surface area contributed by atoms with Gasteiger partial charge in [-0.2, -0.15) is 5.10 Å². The highest BCUT2D eigenvalue weighted by Crippen LogP contribution is 2.16. The maximum Gasteiger partial charge on any atom is 0.273 e. The van der Waals surface area contributed by atoms with Crippen LogP contribution in [0.3, 0.4) is 0 Å². The third-order valence-electron chi connectivity index (χ3n) is 4.25. The number of nitrogens with one attached hydrogen (secondary N) is 2. The summed E-state index contributed by atoms with van der Waals surface area (Å²) in [6, 6.07) is 16.0. The fourth-order valence-electron chi connectivity index (χ4n) is 2.55. The van der Waals surface area contributed by atoms with Crippen LogP contribution in [0.15, 0.2) is 72.1 Å². The lowest BCUT2D eigenvalue weighted by Gasteiger charge is -2.09. The monoisotopic (exact) mass is 372 g/mol. The first-order valence-corrected chi connectivity index (χ1v) is 8.75. The molecule has 1 heterocycles. The Morgan fingerprint density at radius 2 is 1.79 bits per heavy atom. The quantitative estimate of drug-likeness (QED) is 0.529. The summed E-state index contributed by atoms with van der Waals surface area (Å²) >= 11 is 0. The average Bonchev–Trinajstić information content (AvgIpc) is 2.71. The van der Waals surface area contributed by atoms with Gasteiger partial charge in [-0.15, -0.1) is 0 Å². The first kappa shape index (κ1) is 19.0. The molecule has 0 aliphatic rings. The van der Waals surface area contributed by atoms with Crippen molar-refractivity contribution in [3.8, 4) is 0 Å². The number of rotatable bonds is 5. The minimum atomic E-state index is -0.415. The summed E-state index contributed by atoms with van der Waals surface area (Å²) in [5, 5.41) is 6.76. The van der Waals surface area contributed by atoms with Crippen molar-refractivity contribution in [3.05, 3.63) is 94.8 Å². The van der Waals surface area contributed by atoms with Crippen molar-refractivity contribution < 1.29 is 9.59 Å². The molecule has 0 aliphatic carbocycles. The molecule has 0 saturated carbocycles. The van der Waals surface area contributed by atoms with Crippen LogP contribution >= 0.6 is 0 Å². The topological polar surface area (TPSA) is 83.5 Å². The second-order valence-electron chi connectivity index (χ2n) is 6.28. The summed E-state index contributed by atoms with van der Waals surface area (Å²) in [4.78, 5) is 28.8. The van der Waals surface area contributed by atoms with E-state index in [-0.39, 0.29) is 5.91 Å². The Balaban J connectivity index is 1.71. The standard InChI is InChI=1S/C22H20N4O2/c1-15-9-10-17(12-16(15)2)13-24-26-22(28)19-7-3-4-8-20(19)25-21(27)18-6-5-11-23-14-18/h3-14H,1-2H3,(H,25,27)(H,26,28). The van der Waals surface area contributed by atoms with Crippen LogP contribution in [-0.2, 0) is 0 Å². The Kier molecular flexibility index (Phi) is 5.91. The molecule has 1 aromatic heterocycles. The normalized spacial score (nSPS) is 10.6. The molecule has 0 aliphatic heterocycles. The number of carbonyl (C=O) groups excluding carboxylic acids is 2. The highest BCUT2D eigenvalue weighted by atomic mass is 16.2. The van der Waals surface area contributed by atoms with E-state index >= 15 is 0 Å². The number of hydrogen-bond donors (Lipinski definition) is 2. The SMILES string of the molecule is Cc1ccc(C=NNC(=O)c2ccccc2NC(=O)c2cccnc2)cc1C. The number of nitrogens with zero attached hydrogens (tertiary/aromatic N) is 2. The molecule has 6 nitrogen and oxygen atoms in total. The van der Waals surface area contributed by atoms with Crippen LogP contribution in [0.25, 0.3) is 0 Å². The highest BCUT2D eigenvalue weighted by molar-refractivity contribution is 6.08. The fourth-order valence-corrected chi connectivity index (χ4v) is 2.55. The minimum Gasteiger partial charge on any atom is -0.321 e. The molecule has 3 aromatic rings. The van der Waals surface area contributed by atoms with Gasteiger partial charge >= 0.3 is 0 Å². The fraction of sp³-hybridized carbons (Fsp3) is 0.0909. The van der Waals surface area contributed by atoms with Crippen molar-refractivity contribution >= 4 is 23.7 Å². The molecule has 28 heavy (non-hydrogen) atoms. The van der Waals surface area contributed by atoms with Crippen LogP contribution < -0.4 is 10.7 Å². The lowest BCUT2D eigenvalue weighted by atomic mass is 10.1. The zero-order chi connectivity index (χ0) is 19.9. The number of amides is 2. The second kappa shape index (κ2) is 8.73. The van der Waals surface area contributed by atoms with E-state index < -0.39 is 5.91 Å². The first-order chi connectivity index (χ1) is 13.5. The van der Waals surface area contributed by atoms with Gasteiger partial charge in [0.25, 0.3) is 11.8 Å². The summed E-state index contributed by atoms with van der Waals surface area (Å²) in [5.41, 5.74) is 6.86. The maximum atomic E-state index is 12.5. The minimum absolute atomic E-state index is 0.317. The molecule has 3 rings (SSSR count). The van der Waals surface area contributed by atoms with Crippen molar-refractivity contribution in [2.24, 2.45) is 5.10 Å². The zero-order valence-corrected chi connectivity index (χ0v) is 15.6. The van der Waals surface area contributed by atoms with Gasteiger partial charge in [-0.25, -0.2) is 5.43 Å². The molecular formula is C22H20N4O2. The first-order valence-electron chi connectivity index (χ1n) is 8.75. The molecule has 140 valence electrons. The molecule has 0 unspecified atom stereocenters. The van der Waals surface area contributed by atoms with Crippen LogP contribution in [0.5, 0.6) is 0 Å². The Labute approximate surface area is 163 Å². The van der Waals surface area contributed by atoms with Gasteiger partial charge < -0.3 is 5.32 Å². The van der Waals surface area contributed by atoms with E-state index in [1.165, 1.54) is 11.8 Å². The van der Waals surface area contributed by atoms with E-state index in [0.29, 0.717) is 16.8 Å². The smallest absolute Gasteiger partial charge is 0.273 e. The molecule has 2 aromatic carbocycles. The number of anilines is 1. The number of carbonyl (C=O) groups is 2. The van der Waals surface area contributed by atoms with Crippen molar-refractivity contribution in [2.75, 3.05) is 5.32 Å². The van der Waals surface area contributed by atoms with E-state index in [1.54, 1.807) is 48.8 Å².